The number of hydrogen-bond donors (Lipinski definition) is 3. The zero-order chi connectivity index (χ0) is 27.8. The standard InChI is InChI=1S/C27H28ClF3N4O4/c28-17-3-4-18(19(10-17)16-2-1-9-38-13-16)23(27(29,30)31)39-22-11-20(34-25(32)35-22)15-5-7-26(8-6-15)12-21(24(36)37)33-14-26/h2-5,10-11,21,23,33H,1,6-9,12-14H2,(H,36,37)(H2,32,34,35)/t21-,23?,26+/m0/s1. The lowest BCUT2D eigenvalue weighted by atomic mass is 9.73. The molecule has 2 aliphatic heterocycles. The van der Waals surface area contributed by atoms with E-state index in [1.807, 2.05) is 12.2 Å². The Hall–Kier alpha value is -3.15. The number of nitrogen functional groups attached to an aromatic ring is 1. The van der Waals surface area contributed by atoms with E-state index < -0.39 is 24.3 Å². The Balaban J connectivity index is 1.43. The molecule has 0 amide bonds. The summed E-state index contributed by atoms with van der Waals surface area (Å²) < 4.78 is 54.2. The van der Waals surface area contributed by atoms with Crippen LogP contribution in [0.5, 0.6) is 5.88 Å². The molecule has 1 aliphatic carbocycles. The summed E-state index contributed by atoms with van der Waals surface area (Å²) in [6.07, 6.45) is -0.313. The highest BCUT2D eigenvalue weighted by Crippen LogP contribution is 2.45. The first-order valence-corrected chi connectivity index (χ1v) is 13.0. The number of carbonyl (C=O) groups is 1. The Labute approximate surface area is 228 Å². The van der Waals surface area contributed by atoms with Gasteiger partial charge in [0.15, 0.2) is 0 Å². The normalized spacial score (nSPS) is 24.3. The molecule has 0 bridgehead atoms. The number of nitrogens with zero attached hydrogens (tertiary/aromatic N) is 2. The number of ether oxygens (including phenoxy) is 2. The number of nitrogens with one attached hydrogen (secondary N) is 1. The van der Waals surface area contributed by atoms with Gasteiger partial charge in [-0.25, -0.2) is 4.98 Å². The van der Waals surface area contributed by atoms with E-state index in [0.717, 1.165) is 5.57 Å². The maximum atomic E-state index is 14.4. The third-order valence-corrected chi connectivity index (χ3v) is 7.74. The van der Waals surface area contributed by atoms with Crippen LogP contribution in [0.15, 0.2) is 36.4 Å². The number of rotatable bonds is 6. The molecular formula is C27H28ClF3N4O4. The molecular weight excluding hydrogens is 537 g/mol. The second-order valence-corrected chi connectivity index (χ2v) is 10.6. The zero-order valence-electron chi connectivity index (χ0n) is 20.9. The van der Waals surface area contributed by atoms with Gasteiger partial charge in [-0.15, -0.1) is 0 Å². The topological polar surface area (TPSA) is 120 Å². The van der Waals surface area contributed by atoms with Crippen LogP contribution in [-0.2, 0) is 9.53 Å². The van der Waals surface area contributed by atoms with Crippen LogP contribution in [0.2, 0.25) is 5.02 Å². The number of aliphatic carboxylic acids is 1. The molecule has 1 aromatic heterocycles. The summed E-state index contributed by atoms with van der Waals surface area (Å²) in [6.45, 7) is 1.25. The van der Waals surface area contributed by atoms with E-state index in [2.05, 4.69) is 15.3 Å². The molecule has 39 heavy (non-hydrogen) atoms. The van der Waals surface area contributed by atoms with Crippen LogP contribution in [0.3, 0.4) is 0 Å². The second kappa shape index (κ2) is 10.8. The Morgan fingerprint density at radius 3 is 2.72 bits per heavy atom. The number of anilines is 1. The number of benzene rings is 1. The van der Waals surface area contributed by atoms with Gasteiger partial charge >= 0.3 is 12.1 Å². The van der Waals surface area contributed by atoms with Gasteiger partial charge in [0.05, 0.1) is 18.9 Å². The molecule has 0 radical (unpaired) electrons. The van der Waals surface area contributed by atoms with Gasteiger partial charge in [-0.2, -0.15) is 18.2 Å². The Morgan fingerprint density at radius 1 is 1.26 bits per heavy atom. The molecule has 3 atom stereocenters. The van der Waals surface area contributed by atoms with Gasteiger partial charge < -0.3 is 25.6 Å². The molecule has 0 saturated carbocycles. The van der Waals surface area contributed by atoms with Gasteiger partial charge in [0.1, 0.15) is 6.04 Å². The zero-order valence-corrected chi connectivity index (χ0v) is 21.7. The van der Waals surface area contributed by atoms with E-state index in [0.29, 0.717) is 67.1 Å². The van der Waals surface area contributed by atoms with Gasteiger partial charge in [0.2, 0.25) is 17.9 Å². The first-order chi connectivity index (χ1) is 18.5. The van der Waals surface area contributed by atoms with Gasteiger partial charge in [-0.1, -0.05) is 29.8 Å². The number of allylic oxidation sites excluding steroid dienone is 2. The number of hydrogen-bond acceptors (Lipinski definition) is 7. The van der Waals surface area contributed by atoms with Crippen molar-refractivity contribution in [1.29, 1.82) is 0 Å². The summed E-state index contributed by atoms with van der Waals surface area (Å²) in [5, 5.41) is 12.7. The highest BCUT2D eigenvalue weighted by molar-refractivity contribution is 6.30. The summed E-state index contributed by atoms with van der Waals surface area (Å²) in [7, 11) is 0. The highest BCUT2D eigenvalue weighted by Gasteiger charge is 2.45. The van der Waals surface area contributed by atoms with Crippen LogP contribution in [-0.4, -0.2) is 53.0 Å². The van der Waals surface area contributed by atoms with E-state index in [-0.39, 0.29) is 29.4 Å². The summed E-state index contributed by atoms with van der Waals surface area (Å²) in [5.74, 6) is -1.38. The molecule has 3 aliphatic rings. The molecule has 208 valence electrons. The van der Waals surface area contributed by atoms with Crippen LogP contribution in [0.25, 0.3) is 11.1 Å². The largest absolute Gasteiger partial charge is 0.480 e. The average Bonchev–Trinajstić information content (AvgIpc) is 3.31. The average molecular weight is 565 g/mol. The fraction of sp³-hybridized carbons (Fsp3) is 0.444. The fourth-order valence-electron chi connectivity index (χ4n) is 5.49. The van der Waals surface area contributed by atoms with Crippen molar-refractivity contribution in [2.45, 2.75) is 50.4 Å². The van der Waals surface area contributed by atoms with Crippen molar-refractivity contribution in [2.75, 3.05) is 25.5 Å². The third kappa shape index (κ3) is 6.05. The molecule has 1 spiro atoms. The fourth-order valence-corrected chi connectivity index (χ4v) is 5.66. The number of alkyl halides is 3. The lowest BCUT2D eigenvalue weighted by Gasteiger charge is -2.32. The molecule has 1 saturated heterocycles. The Kier molecular flexibility index (Phi) is 7.58. The second-order valence-electron chi connectivity index (χ2n) is 10.2. The smallest absolute Gasteiger partial charge is 0.429 e. The number of carboxylic acids is 1. The van der Waals surface area contributed by atoms with Crippen LogP contribution >= 0.6 is 11.6 Å². The van der Waals surface area contributed by atoms with E-state index >= 15 is 0 Å². The van der Waals surface area contributed by atoms with Gasteiger partial charge in [0.25, 0.3) is 0 Å². The van der Waals surface area contributed by atoms with Crippen molar-refractivity contribution in [3.05, 3.63) is 58.3 Å². The van der Waals surface area contributed by atoms with Gasteiger partial charge in [-0.05, 0) is 66.4 Å². The minimum Gasteiger partial charge on any atom is -0.480 e. The van der Waals surface area contributed by atoms with Crippen LogP contribution < -0.4 is 15.8 Å². The molecule has 1 aromatic carbocycles. The summed E-state index contributed by atoms with van der Waals surface area (Å²) in [4.78, 5) is 19.5. The van der Waals surface area contributed by atoms with Crippen LogP contribution in [0.1, 0.15) is 55.0 Å². The predicted octanol–water partition coefficient (Wildman–Crippen LogP) is 5.20. The molecule has 3 heterocycles. The third-order valence-electron chi connectivity index (χ3n) is 7.50. The molecule has 1 unspecified atom stereocenters. The quantitative estimate of drug-likeness (QED) is 0.438. The van der Waals surface area contributed by atoms with E-state index in [1.165, 1.54) is 24.3 Å². The lowest BCUT2D eigenvalue weighted by Crippen LogP contribution is -2.30. The van der Waals surface area contributed by atoms with E-state index in [9.17, 15) is 23.1 Å². The number of nitrogens with two attached hydrogens (primary N) is 1. The molecule has 1 fully saturated rings. The van der Waals surface area contributed by atoms with Crippen LogP contribution in [0, 0.1) is 5.41 Å². The van der Waals surface area contributed by atoms with Crippen molar-refractivity contribution >= 4 is 34.7 Å². The van der Waals surface area contributed by atoms with Crippen molar-refractivity contribution in [1.82, 2.24) is 15.3 Å². The number of halogens is 4. The Bertz CT molecular complexity index is 1330. The molecule has 2 aromatic rings. The summed E-state index contributed by atoms with van der Waals surface area (Å²) >= 11 is 6.14. The van der Waals surface area contributed by atoms with Crippen molar-refractivity contribution < 1.29 is 32.5 Å². The summed E-state index contributed by atoms with van der Waals surface area (Å²) in [6, 6.07) is 4.96. The SMILES string of the molecule is Nc1nc(OC(c2ccc(Cl)cc2C2=CCCOC2)C(F)(F)F)cc(C2=CC[C@]3(CC2)CN[C@H](C(=O)O)C3)n1. The van der Waals surface area contributed by atoms with Gasteiger partial charge in [-0.3, -0.25) is 4.79 Å². The minimum atomic E-state index is -4.77. The minimum absolute atomic E-state index is 0.108. The van der Waals surface area contributed by atoms with Crippen LogP contribution in [0.4, 0.5) is 19.1 Å². The van der Waals surface area contributed by atoms with Crippen molar-refractivity contribution in [3.63, 3.8) is 0 Å². The molecule has 4 N–H and O–H groups in total. The van der Waals surface area contributed by atoms with Crippen molar-refractivity contribution in [2.24, 2.45) is 5.41 Å². The molecule has 5 rings (SSSR count). The first kappa shape index (κ1) is 27.4. The lowest BCUT2D eigenvalue weighted by molar-refractivity contribution is -0.198. The van der Waals surface area contributed by atoms with E-state index in [1.54, 1.807) is 0 Å². The van der Waals surface area contributed by atoms with Gasteiger partial charge in [0, 0.05) is 23.2 Å². The molecule has 8 nitrogen and oxygen atoms in total. The van der Waals surface area contributed by atoms with Crippen molar-refractivity contribution in [3.8, 4) is 5.88 Å². The number of carboxylic acid groups (broad SMARTS) is 1. The summed E-state index contributed by atoms with van der Waals surface area (Å²) in [5.41, 5.74) is 7.71. The maximum Gasteiger partial charge on any atom is 0.429 e. The number of aromatic nitrogens is 2. The monoisotopic (exact) mass is 564 g/mol. The first-order valence-electron chi connectivity index (χ1n) is 12.6. The predicted molar refractivity (Wildman–Crippen MR) is 139 cm³/mol. The maximum absolute atomic E-state index is 14.4. The Morgan fingerprint density at radius 2 is 2.08 bits per heavy atom. The van der Waals surface area contributed by atoms with E-state index in [4.69, 9.17) is 26.8 Å². The highest BCUT2D eigenvalue weighted by atomic mass is 35.5. The molecule has 12 heteroatoms.